The summed E-state index contributed by atoms with van der Waals surface area (Å²) in [4.78, 5) is 9.31. The van der Waals surface area contributed by atoms with Gasteiger partial charge in [0.05, 0.1) is 25.4 Å². The number of para-hydroxylation sites is 1. The number of hydrogen-bond acceptors (Lipinski definition) is 4. The smallest absolute Gasteiger partial charge is 0.161 e. The van der Waals surface area contributed by atoms with Gasteiger partial charge in [0, 0.05) is 10.8 Å². The third kappa shape index (κ3) is 2.68. The first-order chi connectivity index (χ1) is 11.5. The lowest BCUT2D eigenvalue weighted by molar-refractivity contribution is 0.354. The van der Waals surface area contributed by atoms with Crippen LogP contribution in [-0.4, -0.2) is 24.2 Å². The van der Waals surface area contributed by atoms with Gasteiger partial charge in [-0.15, -0.1) is 0 Å². The van der Waals surface area contributed by atoms with E-state index >= 15 is 0 Å². The minimum atomic E-state index is -0.299. The van der Waals surface area contributed by atoms with Crippen molar-refractivity contribution in [1.29, 1.82) is 0 Å². The number of aromatic nitrogens is 2. The highest BCUT2D eigenvalue weighted by molar-refractivity contribution is 5.82. The van der Waals surface area contributed by atoms with Crippen molar-refractivity contribution < 1.29 is 9.47 Å². The monoisotopic (exact) mass is 322 g/mol. The molecule has 0 aliphatic rings. The molecule has 1 heterocycles. The molecule has 3 aromatic rings. The molecule has 0 bridgehead atoms. The van der Waals surface area contributed by atoms with Gasteiger partial charge >= 0.3 is 0 Å². The van der Waals surface area contributed by atoms with Gasteiger partial charge in [-0.1, -0.05) is 38.1 Å². The number of methoxy groups -OCH3 is 2. The molecule has 24 heavy (non-hydrogen) atoms. The van der Waals surface area contributed by atoms with Crippen LogP contribution in [-0.2, 0) is 5.41 Å². The fourth-order valence-corrected chi connectivity index (χ4v) is 3.03. The first-order valence-corrected chi connectivity index (χ1v) is 7.93. The van der Waals surface area contributed by atoms with Gasteiger partial charge < -0.3 is 9.47 Å². The van der Waals surface area contributed by atoms with Crippen LogP contribution in [0.15, 0.2) is 42.5 Å². The summed E-state index contributed by atoms with van der Waals surface area (Å²) in [6, 6.07) is 14.1. The molecule has 0 aliphatic heterocycles. The molecule has 0 N–H and O–H groups in total. The summed E-state index contributed by atoms with van der Waals surface area (Å²) >= 11 is 0. The van der Waals surface area contributed by atoms with E-state index in [9.17, 15) is 0 Å². The molecule has 0 spiro atoms. The Hall–Kier alpha value is -2.62. The van der Waals surface area contributed by atoms with E-state index < -0.39 is 0 Å². The van der Waals surface area contributed by atoms with Crippen LogP contribution in [0.3, 0.4) is 0 Å². The van der Waals surface area contributed by atoms with Crippen LogP contribution in [0.1, 0.15) is 30.9 Å². The molecule has 0 amide bonds. The van der Waals surface area contributed by atoms with Gasteiger partial charge in [0.1, 0.15) is 5.82 Å². The van der Waals surface area contributed by atoms with E-state index in [1.165, 1.54) is 0 Å². The standard InChI is InChI=1S/C20H22N2O2/c1-13-21-16-9-7-6-8-15(16)19(22-13)20(2,3)14-10-11-17(23-4)18(12-14)24-5/h6-12H,1-5H3. The molecule has 0 unspecified atom stereocenters. The number of nitrogens with zero attached hydrogens (tertiary/aromatic N) is 2. The lowest BCUT2D eigenvalue weighted by atomic mass is 9.79. The second-order valence-corrected chi connectivity index (χ2v) is 6.33. The van der Waals surface area contributed by atoms with Crippen LogP contribution in [0.4, 0.5) is 0 Å². The summed E-state index contributed by atoms with van der Waals surface area (Å²) in [5.74, 6) is 2.22. The van der Waals surface area contributed by atoms with Gasteiger partial charge in [0.25, 0.3) is 0 Å². The van der Waals surface area contributed by atoms with Gasteiger partial charge in [-0.25, -0.2) is 9.97 Å². The average Bonchev–Trinajstić information content (AvgIpc) is 2.60. The molecule has 3 rings (SSSR count). The molecular formula is C20H22N2O2. The Morgan fingerprint density at radius 1 is 0.875 bits per heavy atom. The summed E-state index contributed by atoms with van der Waals surface area (Å²) in [5, 5.41) is 1.07. The summed E-state index contributed by atoms with van der Waals surface area (Å²) in [6.45, 7) is 6.27. The van der Waals surface area contributed by atoms with Gasteiger partial charge in [-0.3, -0.25) is 0 Å². The fourth-order valence-electron chi connectivity index (χ4n) is 3.03. The predicted octanol–water partition coefficient (Wildman–Crippen LogP) is 4.28. The molecule has 0 saturated heterocycles. The van der Waals surface area contributed by atoms with E-state index in [1.807, 2.05) is 37.3 Å². The predicted molar refractivity (Wildman–Crippen MR) is 95.9 cm³/mol. The van der Waals surface area contributed by atoms with E-state index in [1.54, 1.807) is 14.2 Å². The van der Waals surface area contributed by atoms with Crippen LogP contribution in [0.2, 0.25) is 0 Å². The molecule has 1 aromatic heterocycles. The summed E-state index contributed by atoms with van der Waals surface area (Å²) < 4.78 is 10.8. The van der Waals surface area contributed by atoms with Crippen molar-refractivity contribution in [1.82, 2.24) is 9.97 Å². The lowest BCUT2D eigenvalue weighted by Crippen LogP contribution is -2.22. The minimum absolute atomic E-state index is 0.299. The van der Waals surface area contributed by atoms with E-state index in [-0.39, 0.29) is 5.41 Å². The zero-order valence-corrected chi connectivity index (χ0v) is 14.8. The van der Waals surface area contributed by atoms with E-state index in [0.717, 1.165) is 39.5 Å². The van der Waals surface area contributed by atoms with Crippen LogP contribution >= 0.6 is 0 Å². The molecule has 2 aromatic carbocycles. The second-order valence-electron chi connectivity index (χ2n) is 6.33. The van der Waals surface area contributed by atoms with Crippen molar-refractivity contribution in [2.45, 2.75) is 26.2 Å². The molecule has 0 saturated carbocycles. The molecule has 0 atom stereocenters. The third-order valence-corrected chi connectivity index (χ3v) is 4.41. The first-order valence-electron chi connectivity index (χ1n) is 7.93. The maximum Gasteiger partial charge on any atom is 0.161 e. The first kappa shape index (κ1) is 16.2. The Labute approximate surface area is 142 Å². The van der Waals surface area contributed by atoms with Crippen LogP contribution in [0.5, 0.6) is 11.5 Å². The van der Waals surface area contributed by atoms with Crippen LogP contribution in [0.25, 0.3) is 10.9 Å². The number of hydrogen-bond donors (Lipinski definition) is 0. The Bertz CT molecular complexity index is 888. The van der Waals surface area contributed by atoms with Crippen molar-refractivity contribution in [2.24, 2.45) is 0 Å². The summed E-state index contributed by atoms with van der Waals surface area (Å²) in [7, 11) is 3.29. The average molecular weight is 322 g/mol. The quantitative estimate of drug-likeness (QED) is 0.719. The SMILES string of the molecule is COc1ccc(C(C)(C)c2nc(C)nc3ccccc23)cc1OC. The van der Waals surface area contributed by atoms with Gasteiger partial charge in [0.2, 0.25) is 0 Å². The van der Waals surface area contributed by atoms with E-state index in [2.05, 4.69) is 31.0 Å². The topological polar surface area (TPSA) is 44.2 Å². The summed E-state index contributed by atoms with van der Waals surface area (Å²) in [5.41, 5.74) is 2.79. The maximum absolute atomic E-state index is 5.46. The Morgan fingerprint density at radius 2 is 1.58 bits per heavy atom. The highest BCUT2D eigenvalue weighted by Gasteiger charge is 2.28. The number of rotatable bonds is 4. The zero-order chi connectivity index (χ0) is 17.3. The Balaban J connectivity index is 2.21. The van der Waals surface area contributed by atoms with Gasteiger partial charge in [-0.05, 0) is 30.7 Å². The molecule has 124 valence electrons. The Kier molecular flexibility index (Phi) is 4.14. The normalized spacial score (nSPS) is 11.5. The number of aryl methyl sites for hydroxylation is 1. The molecule has 0 fully saturated rings. The maximum atomic E-state index is 5.46. The second kappa shape index (κ2) is 6.11. The largest absolute Gasteiger partial charge is 0.493 e. The lowest BCUT2D eigenvalue weighted by Gasteiger charge is -2.27. The van der Waals surface area contributed by atoms with E-state index in [0.29, 0.717) is 0 Å². The van der Waals surface area contributed by atoms with Gasteiger partial charge in [0.15, 0.2) is 11.5 Å². The number of fused-ring (bicyclic) bond motifs is 1. The molecule has 4 heteroatoms. The fraction of sp³-hybridized carbons (Fsp3) is 0.300. The van der Waals surface area contributed by atoms with Crippen LogP contribution in [0, 0.1) is 6.92 Å². The molecule has 4 nitrogen and oxygen atoms in total. The van der Waals surface area contributed by atoms with Crippen molar-refractivity contribution in [2.75, 3.05) is 14.2 Å². The highest BCUT2D eigenvalue weighted by atomic mass is 16.5. The van der Waals surface area contributed by atoms with E-state index in [4.69, 9.17) is 14.5 Å². The van der Waals surface area contributed by atoms with Crippen LogP contribution < -0.4 is 9.47 Å². The summed E-state index contributed by atoms with van der Waals surface area (Å²) in [6.07, 6.45) is 0. The minimum Gasteiger partial charge on any atom is -0.493 e. The van der Waals surface area contributed by atoms with Crippen molar-refractivity contribution in [3.63, 3.8) is 0 Å². The van der Waals surface area contributed by atoms with Gasteiger partial charge in [-0.2, -0.15) is 0 Å². The number of benzene rings is 2. The highest BCUT2D eigenvalue weighted by Crippen LogP contribution is 2.38. The number of ether oxygens (including phenoxy) is 2. The molecular weight excluding hydrogens is 300 g/mol. The molecule has 0 aliphatic carbocycles. The Morgan fingerprint density at radius 3 is 2.29 bits per heavy atom. The van der Waals surface area contributed by atoms with Crippen molar-refractivity contribution in [3.8, 4) is 11.5 Å². The van der Waals surface area contributed by atoms with Crippen molar-refractivity contribution >= 4 is 10.9 Å². The van der Waals surface area contributed by atoms with Crippen molar-refractivity contribution in [3.05, 3.63) is 59.5 Å². The zero-order valence-electron chi connectivity index (χ0n) is 14.8. The third-order valence-electron chi connectivity index (χ3n) is 4.41. The molecule has 0 radical (unpaired) electrons.